The van der Waals surface area contributed by atoms with Crippen molar-refractivity contribution in [2.45, 2.75) is 33.1 Å². The second kappa shape index (κ2) is 6.62. The zero-order valence-electron chi connectivity index (χ0n) is 9.36. The summed E-state index contributed by atoms with van der Waals surface area (Å²) in [4.78, 5) is 12.4. The predicted octanol–water partition coefficient (Wildman–Crippen LogP) is 3.27. The smallest absolute Gasteiger partial charge is 0.311 e. The quantitative estimate of drug-likeness (QED) is 0.549. The Kier molecular flexibility index (Phi) is 5.40. The highest BCUT2D eigenvalue weighted by Crippen LogP contribution is 2.10. The lowest BCUT2D eigenvalue weighted by Gasteiger charge is -2.05. The molecule has 1 rings (SSSR count). The molecule has 0 aliphatic heterocycles. The zero-order chi connectivity index (χ0) is 11.1. The van der Waals surface area contributed by atoms with Gasteiger partial charge in [-0.25, -0.2) is 0 Å². The van der Waals surface area contributed by atoms with Gasteiger partial charge in [0.05, 0.1) is 13.0 Å². The van der Waals surface area contributed by atoms with Gasteiger partial charge in [0.15, 0.2) is 0 Å². The Morgan fingerprint density at radius 3 is 2.93 bits per heavy atom. The van der Waals surface area contributed by atoms with E-state index < -0.39 is 0 Å². The van der Waals surface area contributed by atoms with Crippen molar-refractivity contribution < 1.29 is 9.53 Å². The van der Waals surface area contributed by atoms with Crippen molar-refractivity contribution in [2.75, 3.05) is 6.61 Å². The van der Waals surface area contributed by atoms with E-state index in [9.17, 15) is 4.79 Å². The van der Waals surface area contributed by atoms with Gasteiger partial charge in [-0.3, -0.25) is 4.79 Å². The van der Waals surface area contributed by atoms with Crippen LogP contribution < -0.4 is 0 Å². The molecule has 2 nitrogen and oxygen atoms in total. The highest BCUT2D eigenvalue weighted by molar-refractivity contribution is 7.10. The molecule has 0 saturated carbocycles. The molecule has 0 bridgehead atoms. The summed E-state index contributed by atoms with van der Waals surface area (Å²) in [6.45, 7) is 4.91. The number of rotatable bonds is 6. The monoisotopic (exact) mass is 226 g/mol. The van der Waals surface area contributed by atoms with Crippen molar-refractivity contribution in [3.8, 4) is 0 Å². The van der Waals surface area contributed by atoms with Gasteiger partial charge in [0, 0.05) is 4.88 Å². The van der Waals surface area contributed by atoms with Crippen molar-refractivity contribution in [1.82, 2.24) is 0 Å². The summed E-state index contributed by atoms with van der Waals surface area (Å²) < 4.78 is 5.13. The molecule has 1 aromatic rings. The largest absolute Gasteiger partial charge is 0.465 e. The SMILES string of the molecule is CC(C)CCCOC(=O)Cc1cccs1. The van der Waals surface area contributed by atoms with E-state index in [1.54, 1.807) is 11.3 Å². The Hall–Kier alpha value is -0.830. The predicted molar refractivity (Wildman–Crippen MR) is 63.1 cm³/mol. The van der Waals surface area contributed by atoms with E-state index in [1.165, 1.54) is 0 Å². The first kappa shape index (κ1) is 12.2. The maximum Gasteiger partial charge on any atom is 0.311 e. The number of thiophene rings is 1. The standard InChI is InChI=1S/C12H18O2S/c1-10(2)5-3-7-14-12(13)9-11-6-4-8-15-11/h4,6,8,10H,3,5,7,9H2,1-2H3. The maximum atomic E-state index is 11.3. The molecule has 0 atom stereocenters. The number of hydrogen-bond donors (Lipinski definition) is 0. The van der Waals surface area contributed by atoms with Crippen molar-refractivity contribution in [3.63, 3.8) is 0 Å². The molecule has 0 aliphatic rings. The summed E-state index contributed by atoms with van der Waals surface area (Å²) in [5.41, 5.74) is 0. The van der Waals surface area contributed by atoms with Gasteiger partial charge in [0.2, 0.25) is 0 Å². The van der Waals surface area contributed by atoms with E-state index in [4.69, 9.17) is 4.74 Å². The first-order chi connectivity index (χ1) is 7.18. The van der Waals surface area contributed by atoms with Gasteiger partial charge >= 0.3 is 5.97 Å². The van der Waals surface area contributed by atoms with Crippen LogP contribution in [0.15, 0.2) is 17.5 Å². The van der Waals surface area contributed by atoms with Crippen LogP contribution in [-0.4, -0.2) is 12.6 Å². The first-order valence-corrected chi connectivity index (χ1v) is 6.24. The van der Waals surface area contributed by atoms with Crippen molar-refractivity contribution in [3.05, 3.63) is 22.4 Å². The van der Waals surface area contributed by atoms with E-state index in [-0.39, 0.29) is 5.97 Å². The van der Waals surface area contributed by atoms with Gasteiger partial charge in [0.25, 0.3) is 0 Å². The third kappa shape index (κ3) is 5.57. The fourth-order valence-corrected chi connectivity index (χ4v) is 1.97. The number of hydrogen-bond acceptors (Lipinski definition) is 3. The molecule has 0 amide bonds. The topological polar surface area (TPSA) is 26.3 Å². The fraction of sp³-hybridized carbons (Fsp3) is 0.583. The van der Waals surface area contributed by atoms with E-state index in [0.29, 0.717) is 18.9 Å². The van der Waals surface area contributed by atoms with Crippen LogP contribution in [0.25, 0.3) is 0 Å². The zero-order valence-corrected chi connectivity index (χ0v) is 10.2. The highest BCUT2D eigenvalue weighted by atomic mass is 32.1. The minimum absolute atomic E-state index is 0.110. The molecule has 15 heavy (non-hydrogen) atoms. The first-order valence-electron chi connectivity index (χ1n) is 5.36. The van der Waals surface area contributed by atoms with E-state index >= 15 is 0 Å². The van der Waals surface area contributed by atoms with Gasteiger partial charge in [0.1, 0.15) is 0 Å². The molecular formula is C12H18O2S. The Bertz CT molecular complexity index is 278. The van der Waals surface area contributed by atoms with Gasteiger partial charge in [-0.2, -0.15) is 0 Å². The fourth-order valence-electron chi connectivity index (χ4n) is 1.28. The van der Waals surface area contributed by atoms with Crippen LogP contribution in [0.3, 0.4) is 0 Å². The lowest BCUT2D eigenvalue weighted by atomic mass is 10.1. The molecule has 0 saturated heterocycles. The van der Waals surface area contributed by atoms with Crippen LogP contribution in [-0.2, 0) is 16.0 Å². The van der Waals surface area contributed by atoms with Crippen LogP contribution in [0.5, 0.6) is 0 Å². The number of carbonyl (C=O) groups excluding carboxylic acids is 1. The van der Waals surface area contributed by atoms with Gasteiger partial charge in [-0.15, -0.1) is 11.3 Å². The second-order valence-electron chi connectivity index (χ2n) is 4.01. The van der Waals surface area contributed by atoms with Crippen molar-refractivity contribution in [1.29, 1.82) is 0 Å². The number of esters is 1. The highest BCUT2D eigenvalue weighted by Gasteiger charge is 2.05. The van der Waals surface area contributed by atoms with Crippen LogP contribution in [0.4, 0.5) is 0 Å². The Morgan fingerprint density at radius 1 is 1.53 bits per heavy atom. The minimum atomic E-state index is -0.110. The normalized spacial score (nSPS) is 10.6. The molecule has 3 heteroatoms. The number of ether oxygens (including phenoxy) is 1. The summed E-state index contributed by atoms with van der Waals surface area (Å²) in [6, 6.07) is 3.91. The molecule has 0 fully saturated rings. The second-order valence-corrected chi connectivity index (χ2v) is 5.04. The Labute approximate surface area is 95.3 Å². The molecule has 0 radical (unpaired) electrons. The third-order valence-electron chi connectivity index (χ3n) is 2.09. The van der Waals surface area contributed by atoms with Crippen LogP contribution >= 0.6 is 11.3 Å². The Balaban J connectivity index is 2.09. The van der Waals surface area contributed by atoms with Gasteiger partial charge in [-0.1, -0.05) is 19.9 Å². The third-order valence-corrected chi connectivity index (χ3v) is 2.96. The molecule has 0 aromatic carbocycles. The molecule has 0 spiro atoms. The minimum Gasteiger partial charge on any atom is -0.465 e. The van der Waals surface area contributed by atoms with E-state index in [1.807, 2.05) is 17.5 Å². The maximum absolute atomic E-state index is 11.3. The molecule has 84 valence electrons. The summed E-state index contributed by atoms with van der Waals surface area (Å²) >= 11 is 1.59. The van der Waals surface area contributed by atoms with Crippen LogP contribution in [0.2, 0.25) is 0 Å². The molecule has 0 aliphatic carbocycles. The molecule has 1 heterocycles. The summed E-state index contributed by atoms with van der Waals surface area (Å²) in [5, 5.41) is 1.97. The average Bonchev–Trinajstić information content (AvgIpc) is 2.64. The van der Waals surface area contributed by atoms with E-state index in [2.05, 4.69) is 13.8 Å². The average molecular weight is 226 g/mol. The molecular weight excluding hydrogens is 208 g/mol. The Morgan fingerprint density at radius 2 is 2.33 bits per heavy atom. The lowest BCUT2D eigenvalue weighted by Crippen LogP contribution is -2.08. The lowest BCUT2D eigenvalue weighted by molar-refractivity contribution is -0.142. The van der Waals surface area contributed by atoms with Gasteiger partial charge < -0.3 is 4.74 Å². The van der Waals surface area contributed by atoms with Crippen LogP contribution in [0, 0.1) is 5.92 Å². The van der Waals surface area contributed by atoms with Crippen molar-refractivity contribution >= 4 is 17.3 Å². The van der Waals surface area contributed by atoms with E-state index in [0.717, 1.165) is 17.7 Å². The van der Waals surface area contributed by atoms with Crippen molar-refractivity contribution in [2.24, 2.45) is 5.92 Å². The molecule has 0 unspecified atom stereocenters. The summed E-state index contributed by atoms with van der Waals surface area (Å²) in [7, 11) is 0. The summed E-state index contributed by atoms with van der Waals surface area (Å²) in [5.74, 6) is 0.571. The number of carbonyl (C=O) groups is 1. The molecule has 0 N–H and O–H groups in total. The summed E-state index contributed by atoms with van der Waals surface area (Å²) in [6.07, 6.45) is 2.50. The molecule has 1 aromatic heterocycles. The van der Waals surface area contributed by atoms with Crippen LogP contribution in [0.1, 0.15) is 31.6 Å². The van der Waals surface area contributed by atoms with Gasteiger partial charge in [-0.05, 0) is 30.2 Å².